The lowest BCUT2D eigenvalue weighted by molar-refractivity contribution is -0.121. The van der Waals surface area contributed by atoms with Gasteiger partial charge in [0.1, 0.15) is 21.8 Å². The summed E-state index contributed by atoms with van der Waals surface area (Å²) in [5.41, 5.74) is 0.386. The van der Waals surface area contributed by atoms with Crippen molar-refractivity contribution < 1.29 is 9.21 Å². The van der Waals surface area contributed by atoms with Gasteiger partial charge in [-0.1, -0.05) is 0 Å². The molecule has 120 valence electrons. The summed E-state index contributed by atoms with van der Waals surface area (Å²) >= 11 is 1.29. The molecule has 1 amide bonds. The minimum absolute atomic E-state index is 0.0931. The first-order valence-electron chi connectivity index (χ1n) is 7.24. The molecule has 7 nitrogen and oxygen atoms in total. The smallest absolute Gasteiger partial charge is 0.271 e. The van der Waals surface area contributed by atoms with Crippen LogP contribution in [-0.2, 0) is 17.9 Å². The zero-order chi connectivity index (χ0) is 16.5. The Morgan fingerprint density at radius 2 is 2.21 bits per heavy atom. The van der Waals surface area contributed by atoms with Crippen LogP contribution in [0.3, 0.4) is 0 Å². The standard InChI is InChI=1S/C16H12N4O3S/c21-12(18-7-10-3-2-6-23-10)8-20-9-19-13-11-4-1-5-17-15(11)24-14(13)16(20)22/h1-6,9H,7-8H2,(H,18,21). The summed E-state index contributed by atoms with van der Waals surface area (Å²) in [5.74, 6) is 0.369. The molecule has 0 unspecified atom stereocenters. The van der Waals surface area contributed by atoms with Crippen LogP contribution in [0.1, 0.15) is 5.76 Å². The lowest BCUT2D eigenvalue weighted by Crippen LogP contribution is -2.31. The number of pyridine rings is 1. The molecule has 0 fully saturated rings. The third kappa shape index (κ3) is 2.56. The van der Waals surface area contributed by atoms with Crippen LogP contribution in [0, 0.1) is 0 Å². The molecule has 4 aromatic heterocycles. The van der Waals surface area contributed by atoms with Crippen molar-refractivity contribution in [2.75, 3.05) is 0 Å². The minimum Gasteiger partial charge on any atom is -0.467 e. The highest BCUT2D eigenvalue weighted by Crippen LogP contribution is 2.27. The number of carbonyl (C=O) groups excluding carboxylic acids is 1. The first kappa shape index (κ1) is 14.6. The van der Waals surface area contributed by atoms with E-state index < -0.39 is 0 Å². The van der Waals surface area contributed by atoms with Crippen LogP contribution in [0.4, 0.5) is 0 Å². The number of thiophene rings is 1. The third-order valence-electron chi connectivity index (χ3n) is 3.58. The summed E-state index contributed by atoms with van der Waals surface area (Å²) in [5, 5.41) is 3.56. The first-order valence-corrected chi connectivity index (χ1v) is 8.06. The van der Waals surface area contributed by atoms with E-state index in [1.165, 1.54) is 22.2 Å². The van der Waals surface area contributed by atoms with E-state index in [4.69, 9.17) is 4.42 Å². The fourth-order valence-electron chi connectivity index (χ4n) is 2.43. The number of hydrogen-bond donors (Lipinski definition) is 1. The van der Waals surface area contributed by atoms with Gasteiger partial charge in [0, 0.05) is 11.6 Å². The second-order valence-electron chi connectivity index (χ2n) is 5.17. The van der Waals surface area contributed by atoms with Gasteiger partial charge in [-0.3, -0.25) is 14.2 Å². The quantitative estimate of drug-likeness (QED) is 0.613. The number of amides is 1. The Hall–Kier alpha value is -3.00. The maximum atomic E-state index is 12.6. The van der Waals surface area contributed by atoms with E-state index >= 15 is 0 Å². The van der Waals surface area contributed by atoms with E-state index in [0.29, 0.717) is 16.0 Å². The zero-order valence-electron chi connectivity index (χ0n) is 12.4. The van der Waals surface area contributed by atoms with Gasteiger partial charge >= 0.3 is 0 Å². The van der Waals surface area contributed by atoms with Gasteiger partial charge in [0.2, 0.25) is 5.91 Å². The molecule has 0 spiro atoms. The molecular weight excluding hydrogens is 328 g/mol. The third-order valence-corrected chi connectivity index (χ3v) is 4.67. The Labute approximate surface area is 139 Å². The summed E-state index contributed by atoms with van der Waals surface area (Å²) in [6, 6.07) is 7.21. The molecule has 0 bridgehead atoms. The van der Waals surface area contributed by atoms with Gasteiger partial charge in [0.15, 0.2) is 0 Å². The highest BCUT2D eigenvalue weighted by molar-refractivity contribution is 7.25. The summed E-state index contributed by atoms with van der Waals surface area (Å²) in [4.78, 5) is 33.9. The molecule has 0 saturated carbocycles. The Balaban J connectivity index is 1.60. The van der Waals surface area contributed by atoms with Crippen LogP contribution >= 0.6 is 11.3 Å². The summed E-state index contributed by atoms with van der Waals surface area (Å²) < 4.78 is 6.95. The van der Waals surface area contributed by atoms with Crippen LogP contribution < -0.4 is 10.9 Å². The second kappa shape index (κ2) is 5.89. The fraction of sp³-hybridized carbons (Fsp3) is 0.125. The Bertz CT molecular complexity index is 1080. The van der Waals surface area contributed by atoms with E-state index in [2.05, 4.69) is 15.3 Å². The van der Waals surface area contributed by atoms with Crippen LogP contribution in [0.25, 0.3) is 20.4 Å². The lowest BCUT2D eigenvalue weighted by atomic mass is 10.3. The minimum atomic E-state index is -0.283. The summed E-state index contributed by atoms with van der Waals surface area (Å²) in [7, 11) is 0. The lowest BCUT2D eigenvalue weighted by Gasteiger charge is -2.05. The number of hydrogen-bond acceptors (Lipinski definition) is 6. The number of fused-ring (bicyclic) bond motifs is 3. The highest BCUT2D eigenvalue weighted by Gasteiger charge is 2.13. The predicted octanol–water partition coefficient (Wildman–Crippen LogP) is 1.92. The van der Waals surface area contributed by atoms with E-state index in [1.54, 1.807) is 24.6 Å². The normalized spacial score (nSPS) is 11.2. The summed E-state index contributed by atoms with van der Waals surface area (Å²) in [6.07, 6.45) is 4.62. The molecular formula is C16H12N4O3S. The zero-order valence-corrected chi connectivity index (χ0v) is 13.2. The van der Waals surface area contributed by atoms with Crippen LogP contribution in [-0.4, -0.2) is 20.4 Å². The van der Waals surface area contributed by atoms with Crippen LogP contribution in [0.5, 0.6) is 0 Å². The van der Waals surface area contributed by atoms with Gasteiger partial charge in [0.05, 0.1) is 24.7 Å². The second-order valence-corrected chi connectivity index (χ2v) is 6.17. The molecule has 8 heteroatoms. The molecule has 0 saturated heterocycles. The maximum Gasteiger partial charge on any atom is 0.271 e. The van der Waals surface area contributed by atoms with Crippen molar-refractivity contribution in [2.45, 2.75) is 13.1 Å². The average Bonchev–Trinajstić information content (AvgIpc) is 3.23. The SMILES string of the molecule is O=C(Cn1cnc2c(sc3ncccc32)c1=O)NCc1ccco1. The largest absolute Gasteiger partial charge is 0.467 e. The molecule has 4 heterocycles. The van der Waals surface area contributed by atoms with E-state index in [-0.39, 0.29) is 24.6 Å². The number of nitrogens with zero attached hydrogens (tertiary/aromatic N) is 3. The first-order chi connectivity index (χ1) is 11.7. The van der Waals surface area contributed by atoms with Gasteiger partial charge in [-0.05, 0) is 24.3 Å². The monoisotopic (exact) mass is 340 g/mol. The van der Waals surface area contributed by atoms with Crippen molar-refractivity contribution in [1.29, 1.82) is 0 Å². The highest BCUT2D eigenvalue weighted by atomic mass is 32.1. The Morgan fingerprint density at radius 1 is 1.29 bits per heavy atom. The number of nitrogens with one attached hydrogen (secondary N) is 1. The molecule has 4 aromatic rings. The molecule has 0 radical (unpaired) electrons. The van der Waals surface area contributed by atoms with E-state index in [9.17, 15) is 9.59 Å². The number of aromatic nitrogens is 3. The summed E-state index contributed by atoms with van der Waals surface area (Å²) in [6.45, 7) is 0.188. The van der Waals surface area contributed by atoms with Crippen LogP contribution in [0.2, 0.25) is 0 Å². The Morgan fingerprint density at radius 3 is 3.04 bits per heavy atom. The van der Waals surface area contributed by atoms with Gasteiger partial charge < -0.3 is 9.73 Å². The molecule has 0 aliphatic carbocycles. The van der Waals surface area contributed by atoms with Crippen molar-refractivity contribution in [3.8, 4) is 0 Å². The van der Waals surface area contributed by atoms with Gasteiger partial charge in [-0.2, -0.15) is 0 Å². The number of rotatable bonds is 4. The molecule has 0 aliphatic rings. The molecule has 24 heavy (non-hydrogen) atoms. The predicted molar refractivity (Wildman–Crippen MR) is 89.7 cm³/mol. The van der Waals surface area contributed by atoms with Crippen molar-refractivity contribution in [2.24, 2.45) is 0 Å². The van der Waals surface area contributed by atoms with Gasteiger partial charge in [0.25, 0.3) is 5.56 Å². The van der Waals surface area contributed by atoms with Crippen molar-refractivity contribution in [1.82, 2.24) is 19.9 Å². The number of furan rings is 1. The Kier molecular flexibility index (Phi) is 3.58. The maximum absolute atomic E-state index is 12.6. The molecule has 4 rings (SSSR count). The molecule has 0 atom stereocenters. The number of carbonyl (C=O) groups is 1. The van der Waals surface area contributed by atoms with Crippen molar-refractivity contribution >= 4 is 37.7 Å². The van der Waals surface area contributed by atoms with Crippen molar-refractivity contribution in [3.63, 3.8) is 0 Å². The van der Waals surface area contributed by atoms with Crippen molar-refractivity contribution in [3.05, 3.63) is 59.2 Å². The molecule has 0 aromatic carbocycles. The fourth-order valence-corrected chi connectivity index (χ4v) is 3.47. The van der Waals surface area contributed by atoms with E-state index in [0.717, 1.165) is 10.2 Å². The van der Waals surface area contributed by atoms with Crippen LogP contribution in [0.15, 0.2) is 52.3 Å². The van der Waals surface area contributed by atoms with E-state index in [1.807, 2.05) is 12.1 Å². The topological polar surface area (TPSA) is 90.0 Å². The molecule has 1 N–H and O–H groups in total. The van der Waals surface area contributed by atoms with Gasteiger partial charge in [-0.25, -0.2) is 9.97 Å². The van der Waals surface area contributed by atoms with Gasteiger partial charge in [-0.15, -0.1) is 11.3 Å². The molecule has 0 aliphatic heterocycles. The average molecular weight is 340 g/mol.